The summed E-state index contributed by atoms with van der Waals surface area (Å²) < 4.78 is 44.1. The first-order valence-electron chi connectivity index (χ1n) is 9.85. The maximum Gasteiger partial charge on any atom is 0.416 e. The van der Waals surface area contributed by atoms with Crippen molar-refractivity contribution in [3.8, 4) is 0 Å². The lowest BCUT2D eigenvalue weighted by Gasteiger charge is -2.38. The number of carbonyl (C=O) groups is 3. The number of hydrogen-bond acceptors (Lipinski definition) is 5. The van der Waals surface area contributed by atoms with Crippen molar-refractivity contribution < 1.29 is 32.3 Å². The van der Waals surface area contributed by atoms with Gasteiger partial charge in [-0.3, -0.25) is 24.2 Å². The number of piperidine rings is 1. The van der Waals surface area contributed by atoms with Crippen LogP contribution in [0.2, 0.25) is 0 Å². The third-order valence-corrected chi connectivity index (χ3v) is 5.43. The summed E-state index contributed by atoms with van der Waals surface area (Å²) in [5, 5.41) is 2.40. The standard InChI is InChI=1S/C20H24F3N3O4/c1-3-30-19(29)13-5-4-8-25(10-13)12(2)18(28)26-11-17(27)24-15-9-14(20(21,22)23)6-7-16(15)26/h6-7,9,12-13H,3-5,8,10-11H2,1-2H3,(H,24,27). The largest absolute Gasteiger partial charge is 0.466 e. The summed E-state index contributed by atoms with van der Waals surface area (Å²) in [6, 6.07) is 2.26. The first-order valence-corrected chi connectivity index (χ1v) is 9.85. The van der Waals surface area contributed by atoms with E-state index in [1.54, 1.807) is 13.8 Å². The Hall–Kier alpha value is -2.62. The molecule has 2 aliphatic heterocycles. The molecule has 1 fully saturated rings. The number of nitrogens with one attached hydrogen (secondary N) is 1. The van der Waals surface area contributed by atoms with Crippen LogP contribution in [-0.2, 0) is 25.3 Å². The van der Waals surface area contributed by atoms with Crippen molar-refractivity contribution in [3.05, 3.63) is 23.8 Å². The lowest BCUT2D eigenvalue weighted by Crippen LogP contribution is -2.54. The number of hydrogen-bond donors (Lipinski definition) is 1. The van der Waals surface area contributed by atoms with Crippen LogP contribution >= 0.6 is 0 Å². The highest BCUT2D eigenvalue weighted by atomic mass is 19.4. The SMILES string of the molecule is CCOC(=O)C1CCCN(C(C)C(=O)N2CC(=O)Nc3cc(C(F)(F)F)ccc32)C1. The summed E-state index contributed by atoms with van der Waals surface area (Å²) in [5.41, 5.74) is -0.736. The molecular formula is C20H24F3N3O4. The molecule has 0 spiro atoms. The Balaban J connectivity index is 1.80. The molecular weight excluding hydrogens is 403 g/mol. The van der Waals surface area contributed by atoms with Gasteiger partial charge in [-0.15, -0.1) is 0 Å². The smallest absolute Gasteiger partial charge is 0.416 e. The number of alkyl halides is 3. The number of likely N-dealkylation sites (tertiary alicyclic amines) is 1. The molecule has 1 aromatic rings. The Morgan fingerprint density at radius 2 is 2.07 bits per heavy atom. The van der Waals surface area contributed by atoms with Gasteiger partial charge in [-0.1, -0.05) is 0 Å². The normalized spacial score (nSPS) is 20.9. The molecule has 7 nitrogen and oxygen atoms in total. The van der Waals surface area contributed by atoms with Crippen LogP contribution in [0, 0.1) is 5.92 Å². The molecule has 1 N–H and O–H groups in total. The van der Waals surface area contributed by atoms with Crippen molar-refractivity contribution in [2.24, 2.45) is 5.92 Å². The highest BCUT2D eigenvalue weighted by Gasteiger charge is 2.37. The summed E-state index contributed by atoms with van der Waals surface area (Å²) in [6.07, 6.45) is -3.17. The van der Waals surface area contributed by atoms with Crippen molar-refractivity contribution in [1.82, 2.24) is 4.90 Å². The highest BCUT2D eigenvalue weighted by Crippen LogP contribution is 2.37. The van der Waals surface area contributed by atoms with Gasteiger partial charge >= 0.3 is 12.1 Å². The molecule has 2 aliphatic rings. The highest BCUT2D eigenvalue weighted by molar-refractivity contribution is 6.11. The van der Waals surface area contributed by atoms with E-state index in [-0.39, 0.29) is 36.4 Å². The quantitative estimate of drug-likeness (QED) is 0.748. The number of anilines is 2. The summed E-state index contributed by atoms with van der Waals surface area (Å²) in [5.74, 6) is -1.61. The van der Waals surface area contributed by atoms with Crippen LogP contribution in [-0.4, -0.2) is 55.0 Å². The molecule has 10 heteroatoms. The van der Waals surface area contributed by atoms with E-state index in [0.717, 1.165) is 12.1 Å². The number of halogens is 3. The predicted molar refractivity (Wildman–Crippen MR) is 103 cm³/mol. The Labute approximate surface area is 172 Å². The van der Waals surface area contributed by atoms with Crippen LogP contribution in [0.25, 0.3) is 0 Å². The maximum atomic E-state index is 13.2. The third kappa shape index (κ3) is 4.58. The predicted octanol–water partition coefficient (Wildman–Crippen LogP) is 2.65. The molecule has 0 aliphatic carbocycles. The van der Waals surface area contributed by atoms with Gasteiger partial charge in [0.25, 0.3) is 0 Å². The van der Waals surface area contributed by atoms with Crippen molar-refractivity contribution in [2.45, 2.75) is 38.9 Å². The zero-order chi connectivity index (χ0) is 22.1. The van der Waals surface area contributed by atoms with Gasteiger partial charge in [0.1, 0.15) is 6.54 Å². The number of ether oxygens (including phenoxy) is 1. The first-order chi connectivity index (χ1) is 14.1. The monoisotopic (exact) mass is 427 g/mol. The summed E-state index contributed by atoms with van der Waals surface area (Å²) in [7, 11) is 0. The second-order valence-electron chi connectivity index (χ2n) is 7.46. The molecule has 2 heterocycles. The van der Waals surface area contributed by atoms with Crippen LogP contribution < -0.4 is 10.2 Å². The van der Waals surface area contributed by atoms with Crippen LogP contribution in [0.4, 0.5) is 24.5 Å². The number of carbonyl (C=O) groups excluding carboxylic acids is 3. The average Bonchev–Trinajstić information content (AvgIpc) is 2.71. The molecule has 2 atom stereocenters. The van der Waals surface area contributed by atoms with Crippen molar-refractivity contribution >= 4 is 29.2 Å². The molecule has 0 saturated carbocycles. The number of fused-ring (bicyclic) bond motifs is 1. The summed E-state index contributed by atoms with van der Waals surface area (Å²) in [6.45, 7) is 4.36. The van der Waals surface area contributed by atoms with Gasteiger partial charge in [0.2, 0.25) is 11.8 Å². The van der Waals surface area contributed by atoms with E-state index >= 15 is 0 Å². The summed E-state index contributed by atoms with van der Waals surface area (Å²) in [4.78, 5) is 40.3. The van der Waals surface area contributed by atoms with Gasteiger partial charge in [-0.25, -0.2) is 0 Å². The molecule has 0 aromatic heterocycles. The lowest BCUT2D eigenvalue weighted by molar-refractivity contribution is -0.150. The number of amides is 2. The zero-order valence-corrected chi connectivity index (χ0v) is 16.8. The topological polar surface area (TPSA) is 79.0 Å². The molecule has 0 radical (unpaired) electrons. The first kappa shape index (κ1) is 22.1. The van der Waals surface area contributed by atoms with Crippen LogP contribution in [0.1, 0.15) is 32.3 Å². The molecule has 1 saturated heterocycles. The van der Waals surface area contributed by atoms with E-state index in [9.17, 15) is 27.6 Å². The van der Waals surface area contributed by atoms with Gasteiger partial charge in [-0.05, 0) is 51.4 Å². The zero-order valence-electron chi connectivity index (χ0n) is 16.8. The van der Waals surface area contributed by atoms with E-state index in [4.69, 9.17) is 4.74 Å². The molecule has 164 valence electrons. The summed E-state index contributed by atoms with van der Waals surface area (Å²) >= 11 is 0. The number of esters is 1. The van der Waals surface area contributed by atoms with E-state index in [2.05, 4.69) is 5.32 Å². The minimum Gasteiger partial charge on any atom is -0.466 e. The number of rotatable bonds is 4. The molecule has 2 unspecified atom stereocenters. The van der Waals surface area contributed by atoms with Crippen molar-refractivity contribution in [1.29, 1.82) is 0 Å². The van der Waals surface area contributed by atoms with Gasteiger partial charge < -0.3 is 10.1 Å². The second-order valence-corrected chi connectivity index (χ2v) is 7.46. The molecule has 0 bridgehead atoms. The van der Waals surface area contributed by atoms with Gasteiger partial charge in [0.15, 0.2) is 0 Å². The Kier molecular flexibility index (Phi) is 6.35. The Bertz CT molecular complexity index is 843. The van der Waals surface area contributed by atoms with Gasteiger partial charge in [0, 0.05) is 6.54 Å². The van der Waals surface area contributed by atoms with E-state index in [1.165, 1.54) is 11.0 Å². The fourth-order valence-corrected chi connectivity index (χ4v) is 3.86. The molecule has 30 heavy (non-hydrogen) atoms. The van der Waals surface area contributed by atoms with Crippen LogP contribution in [0.15, 0.2) is 18.2 Å². The Morgan fingerprint density at radius 3 is 2.73 bits per heavy atom. The maximum absolute atomic E-state index is 13.2. The van der Waals surface area contributed by atoms with Crippen LogP contribution in [0.3, 0.4) is 0 Å². The molecule has 2 amide bonds. The van der Waals surface area contributed by atoms with E-state index in [0.29, 0.717) is 25.9 Å². The molecule has 3 rings (SSSR count). The van der Waals surface area contributed by atoms with Crippen molar-refractivity contribution in [3.63, 3.8) is 0 Å². The van der Waals surface area contributed by atoms with Crippen molar-refractivity contribution in [2.75, 3.05) is 36.5 Å². The second kappa shape index (κ2) is 8.63. The number of benzene rings is 1. The Morgan fingerprint density at radius 1 is 1.33 bits per heavy atom. The third-order valence-electron chi connectivity index (χ3n) is 5.43. The number of nitrogens with zero attached hydrogens (tertiary/aromatic N) is 2. The molecule has 1 aromatic carbocycles. The average molecular weight is 427 g/mol. The minimum absolute atomic E-state index is 0.0512. The minimum atomic E-state index is -4.56. The van der Waals surface area contributed by atoms with E-state index < -0.39 is 29.6 Å². The lowest BCUT2D eigenvalue weighted by atomic mass is 9.96. The van der Waals surface area contributed by atoms with Gasteiger partial charge in [0.05, 0.1) is 35.5 Å². The van der Waals surface area contributed by atoms with Crippen LogP contribution in [0.5, 0.6) is 0 Å². The van der Waals surface area contributed by atoms with Gasteiger partial charge in [-0.2, -0.15) is 13.2 Å². The van der Waals surface area contributed by atoms with E-state index in [1.807, 2.05) is 4.90 Å². The fraction of sp³-hybridized carbons (Fsp3) is 0.550. The fourth-order valence-electron chi connectivity index (χ4n) is 3.86.